The van der Waals surface area contributed by atoms with Gasteiger partial charge in [0.05, 0.1) is 11.4 Å². The first kappa shape index (κ1) is 16.6. The maximum Gasteiger partial charge on any atom is 0.325 e. The summed E-state index contributed by atoms with van der Waals surface area (Å²) in [7, 11) is -3.85. The lowest BCUT2D eigenvalue weighted by Crippen LogP contribution is -2.03. The molecule has 0 unspecified atom stereocenters. The van der Waals surface area contributed by atoms with Gasteiger partial charge < -0.3 is 15.1 Å². The number of anilines is 2. The van der Waals surface area contributed by atoms with Crippen molar-refractivity contribution in [2.45, 2.75) is 35.5 Å². The van der Waals surface area contributed by atoms with Crippen molar-refractivity contribution in [1.29, 1.82) is 0 Å². The third-order valence-corrected chi connectivity index (χ3v) is 5.91. The van der Waals surface area contributed by atoms with Crippen LogP contribution >= 0.6 is 19.4 Å². The molecule has 0 atom stereocenters. The van der Waals surface area contributed by atoms with Crippen LogP contribution in [0.3, 0.4) is 0 Å². The first-order valence-corrected chi connectivity index (χ1v) is 10.3. The number of nitrogens with one attached hydrogen (secondary N) is 1. The van der Waals surface area contributed by atoms with E-state index in [1.165, 1.54) is 21.0 Å². The summed E-state index contributed by atoms with van der Waals surface area (Å²) >= 11 is 1.78. The van der Waals surface area contributed by atoms with E-state index in [0.29, 0.717) is 6.42 Å². The molecule has 3 N–H and O–H groups in total. The standard InChI is InChI=1S/C17H20NO3PS/c19-22(20,21)12-5-1-2-7-13-8-6-11-16-17(13)18-14-9-3-4-10-15(14)23-16/h3-4,6,8-11,18H,1-2,5,7,12H2,(H2,19,20,21). The molecule has 0 saturated carbocycles. The maximum absolute atomic E-state index is 10.9. The summed E-state index contributed by atoms with van der Waals surface area (Å²) in [5.74, 6) is 0. The average molecular weight is 349 g/mol. The zero-order valence-corrected chi connectivity index (χ0v) is 14.4. The van der Waals surface area contributed by atoms with Crippen molar-refractivity contribution in [2.24, 2.45) is 0 Å². The average Bonchev–Trinajstić information content (AvgIpc) is 2.52. The zero-order valence-electron chi connectivity index (χ0n) is 12.7. The number of hydrogen-bond acceptors (Lipinski definition) is 3. The molecule has 0 aliphatic carbocycles. The summed E-state index contributed by atoms with van der Waals surface area (Å²) in [4.78, 5) is 20.2. The Morgan fingerprint density at radius 3 is 2.57 bits per heavy atom. The Hall–Kier alpha value is -1.26. The number of para-hydroxylation sites is 2. The fourth-order valence-corrected chi connectivity index (χ4v) is 4.41. The van der Waals surface area contributed by atoms with E-state index in [-0.39, 0.29) is 6.16 Å². The minimum absolute atomic E-state index is 0.0125. The second-order valence-electron chi connectivity index (χ2n) is 5.71. The molecule has 0 spiro atoms. The molecule has 0 fully saturated rings. The number of benzene rings is 2. The van der Waals surface area contributed by atoms with Crippen molar-refractivity contribution in [2.75, 3.05) is 11.5 Å². The van der Waals surface area contributed by atoms with E-state index >= 15 is 0 Å². The first-order valence-electron chi connectivity index (χ1n) is 7.73. The Morgan fingerprint density at radius 2 is 1.74 bits per heavy atom. The van der Waals surface area contributed by atoms with Gasteiger partial charge in [-0.1, -0.05) is 42.4 Å². The summed E-state index contributed by atoms with van der Waals surface area (Å²) in [6.07, 6.45) is 3.24. The Labute approximate surface area is 140 Å². The Morgan fingerprint density at radius 1 is 0.957 bits per heavy atom. The van der Waals surface area contributed by atoms with Gasteiger partial charge in [-0.15, -0.1) is 0 Å². The summed E-state index contributed by atoms with van der Waals surface area (Å²) in [5.41, 5.74) is 3.57. The predicted molar refractivity (Wildman–Crippen MR) is 94.8 cm³/mol. The summed E-state index contributed by atoms with van der Waals surface area (Å²) in [6, 6.07) is 14.6. The van der Waals surface area contributed by atoms with Crippen molar-refractivity contribution in [3.63, 3.8) is 0 Å². The van der Waals surface area contributed by atoms with Gasteiger partial charge >= 0.3 is 7.60 Å². The van der Waals surface area contributed by atoms with Gasteiger partial charge in [0.15, 0.2) is 0 Å². The molecule has 23 heavy (non-hydrogen) atoms. The molecule has 0 bridgehead atoms. The highest BCUT2D eigenvalue weighted by Gasteiger charge is 2.17. The zero-order chi connectivity index (χ0) is 16.3. The molecule has 0 saturated heterocycles. The third kappa shape index (κ3) is 4.39. The molecular weight excluding hydrogens is 329 g/mol. The summed E-state index contributed by atoms with van der Waals surface area (Å²) in [6.45, 7) is 0. The summed E-state index contributed by atoms with van der Waals surface area (Å²) < 4.78 is 10.9. The van der Waals surface area contributed by atoms with E-state index in [9.17, 15) is 4.57 Å². The van der Waals surface area contributed by atoms with Crippen LogP contribution in [-0.4, -0.2) is 15.9 Å². The monoisotopic (exact) mass is 349 g/mol. The van der Waals surface area contributed by atoms with Gasteiger partial charge in [0.25, 0.3) is 0 Å². The number of unbranched alkanes of at least 4 members (excludes halogenated alkanes) is 2. The van der Waals surface area contributed by atoms with Crippen LogP contribution in [0, 0.1) is 0 Å². The normalized spacial score (nSPS) is 13.1. The van der Waals surface area contributed by atoms with Gasteiger partial charge in [-0.2, -0.15) is 0 Å². The molecule has 4 nitrogen and oxygen atoms in total. The Balaban J connectivity index is 1.63. The van der Waals surface area contributed by atoms with Crippen molar-refractivity contribution < 1.29 is 14.4 Å². The van der Waals surface area contributed by atoms with Crippen LogP contribution in [0.2, 0.25) is 0 Å². The van der Waals surface area contributed by atoms with Crippen LogP contribution in [0.25, 0.3) is 0 Å². The second-order valence-corrected chi connectivity index (χ2v) is 8.57. The van der Waals surface area contributed by atoms with Crippen molar-refractivity contribution >= 4 is 30.7 Å². The molecule has 122 valence electrons. The molecule has 1 aliphatic heterocycles. The lowest BCUT2D eigenvalue weighted by Gasteiger charge is -2.23. The van der Waals surface area contributed by atoms with Crippen molar-refractivity contribution in [3.05, 3.63) is 48.0 Å². The van der Waals surface area contributed by atoms with Gasteiger partial charge in [0.1, 0.15) is 0 Å². The summed E-state index contributed by atoms with van der Waals surface area (Å²) in [5, 5.41) is 3.53. The molecule has 3 rings (SSSR count). The molecule has 0 aromatic heterocycles. The van der Waals surface area contributed by atoms with E-state index in [1.807, 2.05) is 12.1 Å². The number of hydrogen-bond donors (Lipinski definition) is 3. The molecule has 2 aromatic carbocycles. The molecule has 1 heterocycles. The fourth-order valence-electron chi connectivity index (χ4n) is 2.73. The smallest absolute Gasteiger partial charge is 0.325 e. The van der Waals surface area contributed by atoms with Crippen molar-refractivity contribution in [1.82, 2.24) is 0 Å². The van der Waals surface area contributed by atoms with Crippen LogP contribution < -0.4 is 5.32 Å². The van der Waals surface area contributed by atoms with Crippen LogP contribution in [-0.2, 0) is 11.0 Å². The van der Waals surface area contributed by atoms with E-state index in [2.05, 4.69) is 35.6 Å². The quantitative estimate of drug-likeness (QED) is 0.441. The van der Waals surface area contributed by atoms with E-state index in [4.69, 9.17) is 9.79 Å². The Bertz CT molecular complexity index is 744. The van der Waals surface area contributed by atoms with E-state index in [0.717, 1.165) is 24.9 Å². The number of rotatable bonds is 6. The lowest BCUT2D eigenvalue weighted by atomic mass is 10.0. The molecular formula is C17H20NO3PS. The Kier molecular flexibility index (Phi) is 5.12. The number of aryl methyl sites for hydroxylation is 1. The minimum Gasteiger partial charge on any atom is -0.353 e. The first-order chi connectivity index (χ1) is 11.0. The van der Waals surface area contributed by atoms with Crippen LogP contribution in [0.5, 0.6) is 0 Å². The van der Waals surface area contributed by atoms with Crippen LogP contribution in [0.1, 0.15) is 24.8 Å². The fraction of sp³-hybridized carbons (Fsp3) is 0.294. The molecule has 2 aromatic rings. The highest BCUT2D eigenvalue weighted by molar-refractivity contribution is 7.99. The van der Waals surface area contributed by atoms with Gasteiger partial charge in [0.2, 0.25) is 0 Å². The molecule has 1 aliphatic rings. The molecule has 0 radical (unpaired) electrons. The highest BCUT2D eigenvalue weighted by Crippen LogP contribution is 2.45. The highest BCUT2D eigenvalue weighted by atomic mass is 32.2. The van der Waals surface area contributed by atoms with E-state index in [1.54, 1.807) is 11.8 Å². The van der Waals surface area contributed by atoms with Gasteiger partial charge in [-0.3, -0.25) is 4.57 Å². The second kappa shape index (κ2) is 7.10. The van der Waals surface area contributed by atoms with Gasteiger partial charge in [0, 0.05) is 16.0 Å². The molecule has 6 heteroatoms. The molecule has 0 amide bonds. The lowest BCUT2D eigenvalue weighted by molar-refractivity contribution is 0.371. The van der Waals surface area contributed by atoms with Crippen LogP contribution in [0.4, 0.5) is 11.4 Å². The van der Waals surface area contributed by atoms with E-state index < -0.39 is 7.60 Å². The number of fused-ring (bicyclic) bond motifs is 2. The van der Waals surface area contributed by atoms with Crippen molar-refractivity contribution in [3.8, 4) is 0 Å². The minimum atomic E-state index is -3.85. The van der Waals surface area contributed by atoms with Crippen LogP contribution in [0.15, 0.2) is 52.3 Å². The SMILES string of the molecule is O=P(O)(O)CCCCCc1cccc2c1Nc1ccccc1S2. The third-order valence-electron chi connectivity index (χ3n) is 3.87. The van der Waals surface area contributed by atoms with Gasteiger partial charge in [-0.25, -0.2) is 0 Å². The maximum atomic E-state index is 10.9. The van der Waals surface area contributed by atoms with Gasteiger partial charge in [-0.05, 0) is 43.0 Å². The largest absolute Gasteiger partial charge is 0.353 e. The predicted octanol–water partition coefficient (Wildman–Crippen LogP) is 4.79. The topological polar surface area (TPSA) is 69.6 Å².